The minimum Gasteiger partial charge on any atom is -0.350 e. The number of aryl methyl sites for hydroxylation is 1. The second kappa shape index (κ2) is 13.5. The molecule has 1 atom stereocenters. The van der Waals surface area contributed by atoms with E-state index in [2.05, 4.69) is 5.32 Å². The summed E-state index contributed by atoms with van der Waals surface area (Å²) in [5.41, 5.74) is 0.952. The van der Waals surface area contributed by atoms with E-state index >= 15 is 0 Å². The van der Waals surface area contributed by atoms with E-state index in [-0.39, 0.29) is 17.3 Å². The number of benzene rings is 3. The van der Waals surface area contributed by atoms with Crippen LogP contribution >= 0.6 is 34.8 Å². The van der Waals surface area contributed by atoms with Crippen LogP contribution in [0.15, 0.2) is 71.6 Å². The van der Waals surface area contributed by atoms with Crippen LogP contribution in [0, 0.1) is 6.92 Å². The number of carbonyl (C=O) groups is 2. The average molecular weight is 639 g/mol. The number of anilines is 1. The monoisotopic (exact) mass is 637 g/mol. The summed E-state index contributed by atoms with van der Waals surface area (Å²) in [7, 11) is -4.18. The van der Waals surface area contributed by atoms with Gasteiger partial charge in [0.2, 0.25) is 11.8 Å². The van der Waals surface area contributed by atoms with Crippen molar-refractivity contribution in [1.29, 1.82) is 0 Å². The summed E-state index contributed by atoms with van der Waals surface area (Å²) in [5, 5.41) is 4.02. The minimum absolute atomic E-state index is 0.00458. The van der Waals surface area contributed by atoms with Crippen LogP contribution in [-0.2, 0) is 26.2 Å². The summed E-state index contributed by atoms with van der Waals surface area (Å²) in [5.74, 6) is -0.922. The van der Waals surface area contributed by atoms with Crippen LogP contribution < -0.4 is 9.62 Å². The van der Waals surface area contributed by atoms with Gasteiger partial charge in [0.15, 0.2) is 0 Å². The Morgan fingerprint density at radius 3 is 2.15 bits per heavy atom. The topological polar surface area (TPSA) is 86.8 Å². The van der Waals surface area contributed by atoms with Crippen molar-refractivity contribution >= 4 is 62.3 Å². The third-order valence-electron chi connectivity index (χ3n) is 6.26. The van der Waals surface area contributed by atoms with E-state index in [0.717, 1.165) is 4.31 Å². The quantitative estimate of drug-likeness (QED) is 0.263. The molecule has 0 heterocycles. The Morgan fingerprint density at radius 2 is 1.59 bits per heavy atom. The molecule has 3 rings (SSSR count). The zero-order chi connectivity index (χ0) is 30.5. The fraction of sp³-hybridized carbons (Fsp3) is 0.333. The lowest BCUT2D eigenvalue weighted by Crippen LogP contribution is -2.55. The van der Waals surface area contributed by atoms with Crippen LogP contribution in [0.25, 0.3) is 0 Å². The van der Waals surface area contributed by atoms with Crippen LogP contribution in [0.1, 0.15) is 45.2 Å². The fourth-order valence-electron chi connectivity index (χ4n) is 4.34. The van der Waals surface area contributed by atoms with Crippen molar-refractivity contribution < 1.29 is 18.0 Å². The largest absolute Gasteiger partial charge is 0.350 e. The Labute approximate surface area is 257 Å². The van der Waals surface area contributed by atoms with Crippen LogP contribution in [0.2, 0.25) is 15.1 Å². The standard InChI is InChI=1S/C30H34Cl3N3O4S/c1-6-26(29(38)34-30(3,4)5)35(18-21-12-14-24(32)25(33)17-21)28(37)19-36(27-15-13-22(31)16-20(27)2)41(39,40)23-10-8-7-9-11-23/h7-17,26H,6,18-19H2,1-5H3,(H,34,38)/t26-/m1/s1. The Morgan fingerprint density at radius 1 is 0.927 bits per heavy atom. The molecule has 3 aromatic carbocycles. The molecule has 0 aliphatic heterocycles. The van der Waals surface area contributed by atoms with Gasteiger partial charge in [0.1, 0.15) is 12.6 Å². The molecule has 0 aliphatic rings. The molecule has 0 bridgehead atoms. The number of nitrogens with zero attached hydrogens (tertiary/aromatic N) is 2. The molecule has 0 spiro atoms. The molecule has 1 N–H and O–H groups in total. The highest BCUT2D eigenvalue weighted by Crippen LogP contribution is 2.30. The number of hydrogen-bond donors (Lipinski definition) is 1. The highest BCUT2D eigenvalue weighted by atomic mass is 35.5. The van der Waals surface area contributed by atoms with Gasteiger partial charge in [0.05, 0.1) is 20.6 Å². The summed E-state index contributed by atoms with van der Waals surface area (Å²) in [6.07, 6.45) is 0.292. The van der Waals surface area contributed by atoms with Gasteiger partial charge in [-0.25, -0.2) is 8.42 Å². The van der Waals surface area contributed by atoms with Crippen molar-refractivity contribution in [3.8, 4) is 0 Å². The molecule has 11 heteroatoms. The van der Waals surface area contributed by atoms with Crippen molar-refractivity contribution in [2.75, 3.05) is 10.8 Å². The number of nitrogens with one attached hydrogen (secondary N) is 1. The van der Waals surface area contributed by atoms with Gasteiger partial charge in [-0.15, -0.1) is 0 Å². The number of hydrogen-bond acceptors (Lipinski definition) is 4. The molecule has 3 aromatic rings. The molecule has 41 heavy (non-hydrogen) atoms. The van der Waals surface area contributed by atoms with Crippen molar-refractivity contribution in [2.45, 2.75) is 64.1 Å². The summed E-state index contributed by atoms with van der Waals surface area (Å²) in [4.78, 5) is 29.0. The first-order valence-electron chi connectivity index (χ1n) is 13.0. The predicted octanol–water partition coefficient (Wildman–Crippen LogP) is 6.87. The van der Waals surface area contributed by atoms with Gasteiger partial charge < -0.3 is 10.2 Å². The van der Waals surface area contributed by atoms with E-state index in [4.69, 9.17) is 34.8 Å². The zero-order valence-corrected chi connectivity index (χ0v) is 26.7. The number of carbonyl (C=O) groups excluding carboxylic acids is 2. The summed E-state index contributed by atoms with van der Waals surface area (Å²) < 4.78 is 28.9. The number of halogens is 3. The molecule has 2 amide bonds. The lowest BCUT2D eigenvalue weighted by molar-refractivity contribution is -0.141. The maximum atomic E-state index is 14.2. The van der Waals surface area contributed by atoms with Gasteiger partial charge >= 0.3 is 0 Å². The van der Waals surface area contributed by atoms with Crippen molar-refractivity contribution in [3.63, 3.8) is 0 Å². The van der Waals surface area contributed by atoms with Crippen molar-refractivity contribution in [2.24, 2.45) is 0 Å². The molecule has 0 aromatic heterocycles. The normalized spacial score (nSPS) is 12.5. The third kappa shape index (κ3) is 8.38. The van der Waals surface area contributed by atoms with Crippen LogP contribution in [0.5, 0.6) is 0 Å². The van der Waals surface area contributed by atoms with E-state index in [9.17, 15) is 18.0 Å². The Bertz CT molecular complexity index is 1510. The average Bonchev–Trinajstić information content (AvgIpc) is 2.89. The van der Waals surface area contributed by atoms with Crippen LogP contribution in [-0.4, -0.2) is 43.3 Å². The zero-order valence-electron chi connectivity index (χ0n) is 23.6. The number of amides is 2. The first-order chi connectivity index (χ1) is 19.1. The van der Waals surface area contributed by atoms with Gasteiger partial charge in [-0.3, -0.25) is 13.9 Å². The second-order valence-electron chi connectivity index (χ2n) is 10.7. The maximum Gasteiger partial charge on any atom is 0.264 e. The van der Waals surface area contributed by atoms with E-state index in [1.807, 2.05) is 20.8 Å². The molecule has 0 fully saturated rings. The summed E-state index contributed by atoms with van der Waals surface area (Å²) >= 11 is 18.5. The van der Waals surface area contributed by atoms with Gasteiger partial charge in [0, 0.05) is 17.1 Å². The predicted molar refractivity (Wildman–Crippen MR) is 166 cm³/mol. The molecule has 0 radical (unpaired) electrons. The third-order valence-corrected chi connectivity index (χ3v) is 9.01. The first kappa shape index (κ1) is 32.7. The maximum absolute atomic E-state index is 14.2. The fourth-order valence-corrected chi connectivity index (χ4v) is 6.39. The minimum atomic E-state index is -4.18. The van der Waals surface area contributed by atoms with Gasteiger partial charge in [-0.1, -0.05) is 66.0 Å². The van der Waals surface area contributed by atoms with E-state index < -0.39 is 34.1 Å². The molecule has 0 saturated carbocycles. The van der Waals surface area contributed by atoms with Gasteiger partial charge in [0.25, 0.3) is 10.0 Å². The SMILES string of the molecule is CC[C@H](C(=O)NC(C)(C)C)N(Cc1ccc(Cl)c(Cl)c1)C(=O)CN(c1ccc(Cl)cc1C)S(=O)(=O)c1ccccc1. The van der Waals surface area contributed by atoms with Gasteiger partial charge in [-0.05, 0) is 87.7 Å². The molecular formula is C30H34Cl3N3O4S. The lowest BCUT2D eigenvalue weighted by atomic mass is 10.1. The smallest absolute Gasteiger partial charge is 0.264 e. The van der Waals surface area contributed by atoms with Crippen molar-refractivity contribution in [1.82, 2.24) is 10.2 Å². The number of rotatable bonds is 10. The van der Waals surface area contributed by atoms with Gasteiger partial charge in [-0.2, -0.15) is 0 Å². The molecule has 0 saturated heterocycles. The number of sulfonamides is 1. The molecule has 220 valence electrons. The first-order valence-corrected chi connectivity index (χ1v) is 15.6. The molecular weight excluding hydrogens is 605 g/mol. The second-order valence-corrected chi connectivity index (χ2v) is 13.8. The summed E-state index contributed by atoms with van der Waals surface area (Å²) in [6.45, 7) is 8.51. The van der Waals surface area contributed by atoms with Crippen LogP contribution in [0.4, 0.5) is 5.69 Å². The Balaban J connectivity index is 2.11. The summed E-state index contributed by atoms with van der Waals surface area (Å²) in [6, 6.07) is 16.7. The molecule has 7 nitrogen and oxygen atoms in total. The highest BCUT2D eigenvalue weighted by Gasteiger charge is 2.35. The van der Waals surface area contributed by atoms with E-state index in [1.165, 1.54) is 17.0 Å². The lowest BCUT2D eigenvalue weighted by Gasteiger charge is -2.35. The van der Waals surface area contributed by atoms with E-state index in [1.54, 1.807) is 68.4 Å². The Hall–Kier alpha value is -2.78. The Kier molecular flexibility index (Phi) is 10.7. The van der Waals surface area contributed by atoms with Crippen molar-refractivity contribution in [3.05, 3.63) is 92.9 Å². The molecule has 0 unspecified atom stereocenters. The van der Waals surface area contributed by atoms with Crippen LogP contribution in [0.3, 0.4) is 0 Å². The highest BCUT2D eigenvalue weighted by molar-refractivity contribution is 7.92. The van der Waals surface area contributed by atoms with E-state index in [0.29, 0.717) is 38.3 Å². The molecule has 0 aliphatic carbocycles.